The van der Waals surface area contributed by atoms with Gasteiger partial charge in [-0.05, 0) is 73.2 Å². The monoisotopic (exact) mass is 367 g/mol. The molecule has 1 fully saturated rings. The Morgan fingerprint density at radius 1 is 1.22 bits per heavy atom. The zero-order valence-corrected chi connectivity index (χ0v) is 16.5. The summed E-state index contributed by atoms with van der Waals surface area (Å²) in [5, 5.41) is 3.45. The van der Waals surface area contributed by atoms with E-state index in [0.29, 0.717) is 18.1 Å². The smallest absolute Gasteiger partial charge is 0.338 e. The second-order valence-corrected chi connectivity index (χ2v) is 7.51. The summed E-state index contributed by atoms with van der Waals surface area (Å²) in [6.45, 7) is 9.42. The van der Waals surface area contributed by atoms with Gasteiger partial charge in [-0.15, -0.1) is 0 Å². The summed E-state index contributed by atoms with van der Waals surface area (Å²) in [5.74, 6) is 1.06. The fraction of sp³-hybridized carbons (Fsp3) is 0.435. The maximum Gasteiger partial charge on any atom is 0.338 e. The predicted molar refractivity (Wildman–Crippen MR) is 107 cm³/mol. The molecule has 2 aromatic rings. The van der Waals surface area contributed by atoms with Gasteiger partial charge in [0.05, 0.1) is 12.2 Å². The largest absolute Gasteiger partial charge is 0.494 e. The molecule has 1 saturated heterocycles. The van der Waals surface area contributed by atoms with Crippen LogP contribution in [0.15, 0.2) is 48.5 Å². The molecule has 1 heterocycles. The zero-order chi connectivity index (χ0) is 19.3. The van der Waals surface area contributed by atoms with E-state index in [-0.39, 0.29) is 18.0 Å². The van der Waals surface area contributed by atoms with Gasteiger partial charge in [0.25, 0.3) is 0 Å². The first-order valence-corrected chi connectivity index (χ1v) is 9.73. The van der Waals surface area contributed by atoms with E-state index in [1.165, 1.54) is 5.56 Å². The van der Waals surface area contributed by atoms with Gasteiger partial charge in [-0.1, -0.05) is 38.1 Å². The van der Waals surface area contributed by atoms with E-state index < -0.39 is 0 Å². The first-order valence-electron chi connectivity index (χ1n) is 9.73. The summed E-state index contributed by atoms with van der Waals surface area (Å²) >= 11 is 0. The van der Waals surface area contributed by atoms with Gasteiger partial charge in [-0.3, -0.25) is 0 Å². The van der Waals surface area contributed by atoms with Gasteiger partial charge in [0, 0.05) is 0 Å². The van der Waals surface area contributed by atoms with E-state index in [1.807, 2.05) is 49.4 Å². The van der Waals surface area contributed by atoms with Crippen LogP contribution >= 0.6 is 0 Å². The van der Waals surface area contributed by atoms with Crippen molar-refractivity contribution >= 4 is 5.97 Å². The molecule has 1 N–H and O–H groups in total. The Morgan fingerprint density at radius 2 is 2.00 bits per heavy atom. The van der Waals surface area contributed by atoms with Crippen molar-refractivity contribution in [2.45, 2.75) is 39.2 Å². The Balaban J connectivity index is 1.66. The molecule has 4 nitrogen and oxygen atoms in total. The van der Waals surface area contributed by atoms with Gasteiger partial charge in [-0.2, -0.15) is 0 Å². The van der Waals surface area contributed by atoms with Gasteiger partial charge >= 0.3 is 5.97 Å². The SMILES string of the molecule is CCOc1ccc(COC(=O)c2cccc(C3(C)CCNCC3C)c2)cc1. The molecule has 0 saturated carbocycles. The van der Waals surface area contributed by atoms with Crippen LogP contribution in [0, 0.1) is 5.92 Å². The van der Waals surface area contributed by atoms with Crippen molar-refractivity contribution in [1.29, 1.82) is 0 Å². The highest BCUT2D eigenvalue weighted by atomic mass is 16.5. The standard InChI is InChI=1S/C23H29NO3/c1-4-26-21-10-8-18(9-11-21)16-27-22(25)19-6-5-7-20(14-19)23(3)12-13-24-15-17(23)2/h5-11,14,17,24H,4,12-13,15-16H2,1-3H3. The van der Waals surface area contributed by atoms with E-state index in [4.69, 9.17) is 9.47 Å². The molecule has 0 aromatic heterocycles. The highest BCUT2D eigenvalue weighted by Crippen LogP contribution is 2.37. The minimum atomic E-state index is -0.282. The normalized spacial score (nSPS) is 22.3. The topological polar surface area (TPSA) is 47.6 Å². The second-order valence-electron chi connectivity index (χ2n) is 7.51. The molecule has 0 spiro atoms. The number of piperidine rings is 1. The third-order valence-electron chi connectivity index (χ3n) is 5.72. The lowest BCUT2D eigenvalue weighted by Gasteiger charge is -2.40. The molecule has 2 unspecified atom stereocenters. The highest BCUT2D eigenvalue weighted by Gasteiger charge is 2.35. The van der Waals surface area contributed by atoms with E-state index in [9.17, 15) is 4.79 Å². The Bertz CT molecular complexity index is 771. The van der Waals surface area contributed by atoms with Gasteiger partial charge in [-0.25, -0.2) is 4.79 Å². The summed E-state index contributed by atoms with van der Waals surface area (Å²) < 4.78 is 11.0. The lowest BCUT2D eigenvalue weighted by molar-refractivity contribution is 0.0472. The van der Waals surface area contributed by atoms with Gasteiger partial charge in [0.1, 0.15) is 12.4 Å². The van der Waals surface area contributed by atoms with Crippen molar-refractivity contribution in [3.8, 4) is 5.75 Å². The Labute approximate surface area is 161 Å². The van der Waals surface area contributed by atoms with Crippen LogP contribution in [-0.2, 0) is 16.8 Å². The third kappa shape index (κ3) is 4.51. The molecule has 0 bridgehead atoms. The van der Waals surface area contributed by atoms with Crippen LogP contribution in [0.1, 0.15) is 48.7 Å². The number of esters is 1. The predicted octanol–water partition coefficient (Wildman–Crippen LogP) is 4.33. The van der Waals surface area contributed by atoms with Crippen LogP contribution in [0.4, 0.5) is 0 Å². The van der Waals surface area contributed by atoms with Crippen molar-refractivity contribution in [3.63, 3.8) is 0 Å². The average molecular weight is 367 g/mol. The maximum atomic E-state index is 12.5. The van der Waals surface area contributed by atoms with Crippen LogP contribution in [0.2, 0.25) is 0 Å². The highest BCUT2D eigenvalue weighted by molar-refractivity contribution is 5.89. The van der Waals surface area contributed by atoms with Crippen molar-refractivity contribution < 1.29 is 14.3 Å². The number of hydrogen-bond acceptors (Lipinski definition) is 4. The number of hydrogen-bond donors (Lipinski definition) is 1. The van der Waals surface area contributed by atoms with Crippen LogP contribution in [0.3, 0.4) is 0 Å². The summed E-state index contributed by atoms with van der Waals surface area (Å²) in [5.41, 5.74) is 2.86. The number of benzene rings is 2. The van der Waals surface area contributed by atoms with Crippen molar-refractivity contribution in [1.82, 2.24) is 5.32 Å². The fourth-order valence-electron chi connectivity index (χ4n) is 3.65. The first-order chi connectivity index (χ1) is 13.0. The Morgan fingerprint density at radius 3 is 2.70 bits per heavy atom. The lowest BCUT2D eigenvalue weighted by atomic mass is 9.68. The summed E-state index contributed by atoms with van der Waals surface area (Å²) in [7, 11) is 0. The molecule has 2 aromatic carbocycles. The molecular weight excluding hydrogens is 338 g/mol. The van der Waals surface area contributed by atoms with Crippen LogP contribution in [0.5, 0.6) is 5.75 Å². The van der Waals surface area contributed by atoms with Crippen molar-refractivity contribution in [2.24, 2.45) is 5.92 Å². The van der Waals surface area contributed by atoms with Crippen molar-refractivity contribution in [3.05, 3.63) is 65.2 Å². The van der Waals surface area contributed by atoms with E-state index in [0.717, 1.165) is 30.8 Å². The number of nitrogens with one attached hydrogen (secondary N) is 1. The van der Waals surface area contributed by atoms with E-state index in [2.05, 4.69) is 25.2 Å². The molecule has 0 amide bonds. The van der Waals surface area contributed by atoms with Gasteiger partial charge in [0.15, 0.2) is 0 Å². The van der Waals surface area contributed by atoms with Crippen LogP contribution in [0.25, 0.3) is 0 Å². The fourth-order valence-corrected chi connectivity index (χ4v) is 3.65. The molecule has 3 rings (SSSR count). The third-order valence-corrected chi connectivity index (χ3v) is 5.72. The zero-order valence-electron chi connectivity index (χ0n) is 16.5. The second kappa shape index (κ2) is 8.57. The molecule has 0 radical (unpaired) electrons. The molecule has 0 aliphatic carbocycles. The quantitative estimate of drug-likeness (QED) is 0.772. The lowest BCUT2D eigenvalue weighted by Crippen LogP contribution is -2.45. The Kier molecular flexibility index (Phi) is 6.17. The number of rotatable bonds is 6. The molecule has 1 aliphatic rings. The number of ether oxygens (including phenoxy) is 2. The molecule has 1 aliphatic heterocycles. The minimum absolute atomic E-state index is 0.0800. The summed E-state index contributed by atoms with van der Waals surface area (Å²) in [4.78, 5) is 12.5. The van der Waals surface area contributed by atoms with Crippen LogP contribution in [-0.4, -0.2) is 25.7 Å². The first kappa shape index (κ1) is 19.4. The van der Waals surface area contributed by atoms with Gasteiger partial charge in [0.2, 0.25) is 0 Å². The molecular formula is C23H29NO3. The molecule has 27 heavy (non-hydrogen) atoms. The Hall–Kier alpha value is -2.33. The van der Waals surface area contributed by atoms with Gasteiger partial charge < -0.3 is 14.8 Å². The number of carbonyl (C=O) groups is 1. The molecule has 144 valence electrons. The maximum absolute atomic E-state index is 12.5. The van der Waals surface area contributed by atoms with E-state index >= 15 is 0 Å². The minimum Gasteiger partial charge on any atom is -0.494 e. The number of carbonyl (C=O) groups excluding carboxylic acids is 1. The molecule has 4 heteroatoms. The summed E-state index contributed by atoms with van der Waals surface area (Å²) in [6, 6.07) is 15.6. The summed E-state index contributed by atoms with van der Waals surface area (Å²) in [6.07, 6.45) is 1.07. The average Bonchev–Trinajstić information content (AvgIpc) is 2.70. The van der Waals surface area contributed by atoms with Crippen molar-refractivity contribution in [2.75, 3.05) is 19.7 Å². The van der Waals surface area contributed by atoms with E-state index in [1.54, 1.807) is 0 Å². The molecule has 2 atom stereocenters. The van der Waals surface area contributed by atoms with Crippen LogP contribution < -0.4 is 10.1 Å².